The summed E-state index contributed by atoms with van der Waals surface area (Å²) in [5.74, 6) is -1.52. The van der Waals surface area contributed by atoms with Gasteiger partial charge >= 0.3 is 12.0 Å². The second kappa shape index (κ2) is 9.94. The molecule has 1 aromatic rings. The van der Waals surface area contributed by atoms with Crippen LogP contribution in [0.2, 0.25) is 0 Å². The number of urea groups is 1. The summed E-state index contributed by atoms with van der Waals surface area (Å²) < 4.78 is 5.19. The lowest BCUT2D eigenvalue weighted by Crippen LogP contribution is -2.46. The first-order chi connectivity index (χ1) is 14.9. The number of anilines is 1. The molecular formula is C23H31N3O5. The predicted octanol–water partition coefficient (Wildman–Crippen LogP) is 3.01. The van der Waals surface area contributed by atoms with Crippen molar-refractivity contribution in [1.82, 2.24) is 10.2 Å². The average molecular weight is 430 g/mol. The molecule has 0 spiro atoms. The first-order valence-electron chi connectivity index (χ1n) is 11.1. The number of para-hydroxylation sites is 1. The fraction of sp³-hybridized carbons (Fsp3) is 0.565. The molecule has 3 rings (SSSR count). The molecule has 4 amide bonds. The zero-order valence-corrected chi connectivity index (χ0v) is 18.3. The summed E-state index contributed by atoms with van der Waals surface area (Å²) in [6.07, 6.45) is 5.97. The molecule has 1 aliphatic carbocycles. The van der Waals surface area contributed by atoms with E-state index in [1.54, 1.807) is 4.90 Å². The zero-order chi connectivity index (χ0) is 22.4. The molecule has 2 aliphatic rings. The molecule has 1 aromatic carbocycles. The van der Waals surface area contributed by atoms with Crippen molar-refractivity contribution in [1.29, 1.82) is 0 Å². The van der Waals surface area contributed by atoms with Gasteiger partial charge in [0.05, 0.1) is 0 Å². The van der Waals surface area contributed by atoms with Crippen LogP contribution in [0.25, 0.3) is 0 Å². The van der Waals surface area contributed by atoms with Gasteiger partial charge in [-0.15, -0.1) is 0 Å². The highest BCUT2D eigenvalue weighted by Gasteiger charge is 2.49. The molecule has 1 aliphatic heterocycles. The number of carbonyl (C=O) groups is 4. The van der Waals surface area contributed by atoms with E-state index in [0.29, 0.717) is 12.8 Å². The van der Waals surface area contributed by atoms with Gasteiger partial charge in [-0.3, -0.25) is 19.3 Å². The number of amides is 4. The smallest absolute Gasteiger partial charge is 0.326 e. The Morgan fingerprint density at radius 3 is 2.32 bits per heavy atom. The summed E-state index contributed by atoms with van der Waals surface area (Å²) in [6.45, 7) is 2.69. The summed E-state index contributed by atoms with van der Waals surface area (Å²) in [6, 6.07) is 8.84. The first-order valence-corrected chi connectivity index (χ1v) is 11.1. The van der Waals surface area contributed by atoms with Crippen molar-refractivity contribution in [2.45, 2.75) is 70.4 Å². The minimum Gasteiger partial charge on any atom is -0.454 e. The molecule has 0 bridgehead atoms. The number of nitrogens with zero attached hydrogens (tertiary/aromatic N) is 2. The molecule has 0 radical (unpaired) electrons. The number of carbonyl (C=O) groups excluding carboxylic acids is 4. The molecule has 8 heteroatoms. The maximum atomic E-state index is 13.0. The average Bonchev–Trinajstić information content (AvgIpc) is 3.04. The number of benzene rings is 1. The third-order valence-corrected chi connectivity index (χ3v) is 6.34. The van der Waals surface area contributed by atoms with Crippen LogP contribution in [0.4, 0.5) is 10.5 Å². The Hall–Kier alpha value is -2.90. The minimum absolute atomic E-state index is 0.0722. The van der Waals surface area contributed by atoms with E-state index in [-0.39, 0.29) is 11.9 Å². The summed E-state index contributed by atoms with van der Waals surface area (Å²) in [4.78, 5) is 52.8. The van der Waals surface area contributed by atoms with Gasteiger partial charge in [0.15, 0.2) is 6.61 Å². The Bertz CT molecular complexity index is 816. The van der Waals surface area contributed by atoms with Gasteiger partial charge in [0, 0.05) is 11.7 Å². The topological polar surface area (TPSA) is 96.0 Å². The molecule has 8 nitrogen and oxygen atoms in total. The summed E-state index contributed by atoms with van der Waals surface area (Å²) in [5.41, 5.74) is -0.196. The molecule has 0 unspecified atom stereocenters. The number of esters is 1. The van der Waals surface area contributed by atoms with Gasteiger partial charge in [0.25, 0.3) is 11.8 Å². The quantitative estimate of drug-likeness (QED) is 0.506. The van der Waals surface area contributed by atoms with Crippen molar-refractivity contribution in [2.75, 3.05) is 18.1 Å². The Morgan fingerprint density at radius 2 is 1.74 bits per heavy atom. The van der Waals surface area contributed by atoms with Crippen LogP contribution in [0.3, 0.4) is 0 Å². The highest BCUT2D eigenvalue weighted by Crippen LogP contribution is 2.28. The number of imide groups is 1. The molecule has 1 saturated carbocycles. The van der Waals surface area contributed by atoms with Crippen LogP contribution in [-0.4, -0.2) is 53.4 Å². The van der Waals surface area contributed by atoms with Crippen LogP contribution >= 0.6 is 0 Å². The Labute approximate surface area is 182 Å². The van der Waals surface area contributed by atoms with Crippen molar-refractivity contribution in [2.24, 2.45) is 0 Å². The second-order valence-electron chi connectivity index (χ2n) is 8.16. The lowest BCUT2D eigenvalue weighted by molar-refractivity contribution is -0.150. The summed E-state index contributed by atoms with van der Waals surface area (Å²) in [5, 5.41) is 2.67. The van der Waals surface area contributed by atoms with Crippen LogP contribution in [-0.2, 0) is 19.1 Å². The second-order valence-corrected chi connectivity index (χ2v) is 8.16. The molecule has 2 fully saturated rings. The molecule has 0 aromatic heterocycles. The number of hydrogen-bond acceptors (Lipinski definition) is 5. The number of nitrogens with one attached hydrogen (secondary N) is 1. The van der Waals surface area contributed by atoms with Gasteiger partial charge in [-0.1, -0.05) is 51.3 Å². The SMILES string of the molecule is CCC1(CC)NC(=O)N(CC(=O)OCC(=O)N(c2ccccc2)C2CCCCC2)C1=O. The molecule has 31 heavy (non-hydrogen) atoms. The molecule has 168 valence electrons. The molecule has 1 N–H and O–H groups in total. The van der Waals surface area contributed by atoms with E-state index < -0.39 is 36.6 Å². The number of ether oxygens (including phenoxy) is 1. The van der Waals surface area contributed by atoms with Crippen molar-refractivity contribution in [3.8, 4) is 0 Å². The van der Waals surface area contributed by atoms with Gasteiger partial charge < -0.3 is 15.0 Å². The van der Waals surface area contributed by atoms with Gasteiger partial charge in [0.2, 0.25) is 0 Å². The maximum absolute atomic E-state index is 13.0. The van der Waals surface area contributed by atoms with Crippen LogP contribution in [0, 0.1) is 0 Å². The maximum Gasteiger partial charge on any atom is 0.326 e. The van der Waals surface area contributed by atoms with E-state index in [9.17, 15) is 19.2 Å². The van der Waals surface area contributed by atoms with E-state index in [0.717, 1.165) is 42.7 Å². The van der Waals surface area contributed by atoms with Crippen LogP contribution in [0.15, 0.2) is 30.3 Å². The first kappa shape index (κ1) is 22.8. The van der Waals surface area contributed by atoms with Crippen molar-refractivity contribution in [3.05, 3.63) is 30.3 Å². The lowest BCUT2D eigenvalue weighted by Gasteiger charge is -2.34. The van der Waals surface area contributed by atoms with E-state index >= 15 is 0 Å². The third kappa shape index (κ3) is 4.89. The minimum atomic E-state index is -0.974. The highest BCUT2D eigenvalue weighted by molar-refractivity contribution is 6.08. The third-order valence-electron chi connectivity index (χ3n) is 6.34. The molecule has 1 saturated heterocycles. The fourth-order valence-corrected chi connectivity index (χ4v) is 4.42. The standard InChI is InChI=1S/C23H31N3O5/c1-3-23(4-2)21(29)25(22(30)24-23)15-20(28)31-16-19(27)26(17-11-7-5-8-12-17)18-13-9-6-10-14-18/h5,7-8,11-12,18H,3-4,6,9-10,13-16H2,1-2H3,(H,24,30). The van der Waals surface area contributed by atoms with Gasteiger partial charge in [-0.05, 0) is 37.8 Å². The van der Waals surface area contributed by atoms with Crippen molar-refractivity contribution >= 4 is 29.5 Å². The highest BCUT2D eigenvalue weighted by atomic mass is 16.5. The Balaban J connectivity index is 1.62. The molecular weight excluding hydrogens is 398 g/mol. The van der Waals surface area contributed by atoms with E-state index in [2.05, 4.69) is 5.32 Å². The predicted molar refractivity (Wildman–Crippen MR) is 115 cm³/mol. The van der Waals surface area contributed by atoms with Crippen molar-refractivity contribution in [3.63, 3.8) is 0 Å². The number of hydrogen-bond donors (Lipinski definition) is 1. The van der Waals surface area contributed by atoms with E-state index in [1.165, 1.54) is 0 Å². The summed E-state index contributed by atoms with van der Waals surface area (Å²) in [7, 11) is 0. The monoisotopic (exact) mass is 429 g/mol. The van der Waals surface area contributed by atoms with Crippen LogP contribution in [0.5, 0.6) is 0 Å². The molecule has 1 heterocycles. The Kier molecular flexibility index (Phi) is 7.30. The fourth-order valence-electron chi connectivity index (χ4n) is 4.42. The molecule has 0 atom stereocenters. The van der Waals surface area contributed by atoms with Crippen LogP contribution < -0.4 is 10.2 Å². The Morgan fingerprint density at radius 1 is 1.10 bits per heavy atom. The van der Waals surface area contributed by atoms with Crippen LogP contribution in [0.1, 0.15) is 58.8 Å². The number of rotatable bonds is 8. The normalized spacial score (nSPS) is 18.6. The van der Waals surface area contributed by atoms with Gasteiger partial charge in [-0.25, -0.2) is 4.79 Å². The van der Waals surface area contributed by atoms with Crippen molar-refractivity contribution < 1.29 is 23.9 Å². The van der Waals surface area contributed by atoms with E-state index in [1.807, 2.05) is 44.2 Å². The zero-order valence-electron chi connectivity index (χ0n) is 18.3. The summed E-state index contributed by atoms with van der Waals surface area (Å²) >= 11 is 0. The van der Waals surface area contributed by atoms with E-state index in [4.69, 9.17) is 4.74 Å². The lowest BCUT2D eigenvalue weighted by atomic mass is 9.93. The van der Waals surface area contributed by atoms with Gasteiger partial charge in [0.1, 0.15) is 12.1 Å². The largest absolute Gasteiger partial charge is 0.454 e. The van der Waals surface area contributed by atoms with Gasteiger partial charge in [-0.2, -0.15) is 0 Å².